The van der Waals surface area contributed by atoms with E-state index in [4.69, 9.17) is 0 Å². The van der Waals surface area contributed by atoms with Crippen LogP contribution in [0.15, 0.2) is 62.9 Å². The first-order valence-electron chi connectivity index (χ1n) is 9.63. The van der Waals surface area contributed by atoms with Crippen molar-refractivity contribution in [2.75, 3.05) is 0 Å². The smallest absolute Gasteiger partial charge is 0.264 e. The van der Waals surface area contributed by atoms with Gasteiger partial charge < -0.3 is 9.88 Å². The van der Waals surface area contributed by atoms with E-state index in [0.29, 0.717) is 10.1 Å². The van der Waals surface area contributed by atoms with Gasteiger partial charge in [-0.25, -0.2) is 4.99 Å². The summed E-state index contributed by atoms with van der Waals surface area (Å²) in [6, 6.07) is 16.4. The zero-order chi connectivity index (χ0) is 21.4. The van der Waals surface area contributed by atoms with Crippen LogP contribution in [-0.2, 0) is 4.79 Å². The quantitative estimate of drug-likeness (QED) is 0.443. The van der Waals surface area contributed by atoms with Gasteiger partial charge in [0, 0.05) is 21.5 Å². The van der Waals surface area contributed by atoms with Crippen molar-refractivity contribution >= 4 is 50.5 Å². The molecule has 6 heteroatoms. The van der Waals surface area contributed by atoms with Crippen LogP contribution < -0.4 is 5.32 Å². The zero-order valence-electron chi connectivity index (χ0n) is 17.3. The minimum atomic E-state index is -0.117. The van der Waals surface area contributed by atoms with Crippen LogP contribution in [0.5, 0.6) is 0 Å². The number of aromatic nitrogens is 1. The zero-order valence-corrected chi connectivity index (χ0v) is 19.7. The molecule has 0 aliphatic carbocycles. The molecular formula is C24H22BrN3OS. The molecule has 4 rings (SSSR count). The molecule has 2 heterocycles. The van der Waals surface area contributed by atoms with Crippen LogP contribution in [0.3, 0.4) is 0 Å². The van der Waals surface area contributed by atoms with Crippen molar-refractivity contribution in [2.24, 2.45) is 4.99 Å². The van der Waals surface area contributed by atoms with Crippen molar-refractivity contribution in [1.29, 1.82) is 0 Å². The minimum absolute atomic E-state index is 0.117. The molecule has 0 atom stereocenters. The number of rotatable bonds is 3. The molecule has 30 heavy (non-hydrogen) atoms. The Morgan fingerprint density at radius 1 is 1.07 bits per heavy atom. The van der Waals surface area contributed by atoms with Gasteiger partial charge in [-0.3, -0.25) is 4.79 Å². The highest BCUT2D eigenvalue weighted by molar-refractivity contribution is 9.10. The predicted molar refractivity (Wildman–Crippen MR) is 130 cm³/mol. The Hall–Kier alpha value is -2.57. The van der Waals surface area contributed by atoms with Crippen molar-refractivity contribution in [1.82, 2.24) is 9.88 Å². The van der Waals surface area contributed by atoms with Gasteiger partial charge in [-0.2, -0.15) is 0 Å². The Labute approximate surface area is 189 Å². The van der Waals surface area contributed by atoms with Gasteiger partial charge in [-0.05, 0) is 98.6 Å². The summed E-state index contributed by atoms with van der Waals surface area (Å²) in [6.45, 7) is 8.26. The van der Waals surface area contributed by atoms with Crippen LogP contribution in [-0.4, -0.2) is 15.6 Å². The maximum absolute atomic E-state index is 12.5. The van der Waals surface area contributed by atoms with Gasteiger partial charge in [0.25, 0.3) is 5.91 Å². The SMILES string of the molecule is Cc1cccc(-n2c(C)cc(/C=C3\SC(=Nc4ccc(Br)cc4C)NC3=O)c2C)c1. The lowest BCUT2D eigenvalue weighted by molar-refractivity contribution is -0.115. The minimum Gasteiger partial charge on any atom is -0.318 e. The largest absolute Gasteiger partial charge is 0.318 e. The number of carbonyl (C=O) groups excluding carboxylic acids is 1. The van der Waals surface area contributed by atoms with E-state index in [1.54, 1.807) is 0 Å². The molecule has 1 N–H and O–H groups in total. The fourth-order valence-electron chi connectivity index (χ4n) is 3.57. The summed E-state index contributed by atoms with van der Waals surface area (Å²) in [7, 11) is 0. The third-order valence-electron chi connectivity index (χ3n) is 5.05. The monoisotopic (exact) mass is 479 g/mol. The average Bonchev–Trinajstić information content (AvgIpc) is 3.16. The lowest BCUT2D eigenvalue weighted by Crippen LogP contribution is -2.19. The summed E-state index contributed by atoms with van der Waals surface area (Å²) in [6.07, 6.45) is 1.95. The fraction of sp³-hybridized carbons (Fsp3) is 0.167. The first-order chi connectivity index (χ1) is 14.3. The number of nitrogens with one attached hydrogen (secondary N) is 1. The van der Waals surface area contributed by atoms with E-state index in [-0.39, 0.29) is 5.91 Å². The topological polar surface area (TPSA) is 46.4 Å². The van der Waals surface area contributed by atoms with E-state index < -0.39 is 0 Å². The third kappa shape index (κ3) is 4.16. The second kappa shape index (κ2) is 8.28. The Kier molecular flexibility index (Phi) is 5.71. The molecule has 0 bridgehead atoms. The normalized spacial score (nSPS) is 16.5. The van der Waals surface area contributed by atoms with Crippen LogP contribution in [0, 0.1) is 27.7 Å². The van der Waals surface area contributed by atoms with Crippen molar-refractivity contribution in [3.63, 3.8) is 0 Å². The van der Waals surface area contributed by atoms with Crippen molar-refractivity contribution in [3.05, 3.63) is 86.0 Å². The highest BCUT2D eigenvalue weighted by Crippen LogP contribution is 2.31. The Morgan fingerprint density at radius 2 is 1.87 bits per heavy atom. The van der Waals surface area contributed by atoms with Crippen LogP contribution >= 0.6 is 27.7 Å². The molecule has 0 unspecified atom stereocenters. The van der Waals surface area contributed by atoms with Crippen LogP contribution in [0.1, 0.15) is 28.1 Å². The highest BCUT2D eigenvalue weighted by atomic mass is 79.9. The highest BCUT2D eigenvalue weighted by Gasteiger charge is 2.25. The maximum atomic E-state index is 12.5. The summed E-state index contributed by atoms with van der Waals surface area (Å²) in [5.74, 6) is -0.117. The molecule has 4 nitrogen and oxygen atoms in total. The summed E-state index contributed by atoms with van der Waals surface area (Å²) >= 11 is 4.84. The Bertz CT molecular complexity index is 1220. The summed E-state index contributed by atoms with van der Waals surface area (Å²) in [4.78, 5) is 17.8. The maximum Gasteiger partial charge on any atom is 0.264 e. The molecule has 2 aromatic carbocycles. The fourth-order valence-corrected chi connectivity index (χ4v) is 4.87. The van der Waals surface area contributed by atoms with Crippen molar-refractivity contribution in [3.8, 4) is 5.69 Å². The Morgan fingerprint density at radius 3 is 2.60 bits per heavy atom. The van der Waals surface area contributed by atoms with Crippen LogP contribution in [0.2, 0.25) is 0 Å². The van der Waals surface area contributed by atoms with Crippen molar-refractivity contribution in [2.45, 2.75) is 27.7 Å². The number of thioether (sulfide) groups is 1. The molecule has 152 valence electrons. The predicted octanol–water partition coefficient (Wildman–Crippen LogP) is 6.37. The second-order valence-corrected chi connectivity index (χ2v) is 9.36. The van der Waals surface area contributed by atoms with Gasteiger partial charge in [0.2, 0.25) is 0 Å². The number of carbonyl (C=O) groups is 1. The molecule has 1 saturated heterocycles. The third-order valence-corrected chi connectivity index (χ3v) is 6.45. The number of halogens is 1. The number of hydrogen-bond acceptors (Lipinski definition) is 3. The van der Waals surface area contributed by atoms with E-state index in [1.807, 2.05) is 31.2 Å². The first kappa shape index (κ1) is 20.7. The number of amidine groups is 1. The van der Waals surface area contributed by atoms with Crippen LogP contribution in [0.25, 0.3) is 11.8 Å². The van der Waals surface area contributed by atoms with E-state index in [1.165, 1.54) is 17.3 Å². The van der Waals surface area contributed by atoms with Gasteiger partial charge in [-0.1, -0.05) is 28.1 Å². The van der Waals surface area contributed by atoms with E-state index >= 15 is 0 Å². The second-order valence-electron chi connectivity index (χ2n) is 7.41. The molecule has 1 aliphatic rings. The van der Waals surface area contributed by atoms with Gasteiger partial charge in [0.1, 0.15) is 0 Å². The number of nitrogens with zero attached hydrogens (tertiary/aromatic N) is 2. The first-order valence-corrected chi connectivity index (χ1v) is 11.2. The number of amides is 1. The van der Waals surface area contributed by atoms with E-state index in [9.17, 15) is 4.79 Å². The number of aryl methyl sites for hydroxylation is 3. The summed E-state index contributed by atoms with van der Waals surface area (Å²) in [5, 5.41) is 3.48. The molecule has 0 saturated carbocycles. The number of hydrogen-bond donors (Lipinski definition) is 1. The molecule has 1 aromatic heterocycles. The molecule has 1 amide bonds. The van der Waals surface area contributed by atoms with Gasteiger partial charge in [0.15, 0.2) is 5.17 Å². The standard InChI is InChI=1S/C24H22BrN3OS/c1-14-6-5-7-20(10-14)28-16(3)12-18(17(28)4)13-22-23(29)27-24(30-22)26-21-9-8-19(25)11-15(21)2/h5-13H,1-4H3,(H,26,27,29)/b22-13-. The van der Waals surface area contributed by atoms with Gasteiger partial charge in [0.05, 0.1) is 10.6 Å². The van der Waals surface area contributed by atoms with Gasteiger partial charge in [-0.15, -0.1) is 0 Å². The number of benzene rings is 2. The summed E-state index contributed by atoms with van der Waals surface area (Å²) < 4.78 is 3.23. The lowest BCUT2D eigenvalue weighted by Gasteiger charge is -2.10. The van der Waals surface area contributed by atoms with Gasteiger partial charge >= 0.3 is 0 Å². The molecule has 1 aliphatic heterocycles. The molecule has 1 fully saturated rings. The van der Waals surface area contributed by atoms with Crippen LogP contribution in [0.4, 0.5) is 5.69 Å². The average molecular weight is 480 g/mol. The number of aliphatic imine (C=N–C) groups is 1. The molecule has 3 aromatic rings. The van der Waals surface area contributed by atoms with Crippen molar-refractivity contribution < 1.29 is 4.79 Å². The molecule has 0 radical (unpaired) electrons. The lowest BCUT2D eigenvalue weighted by atomic mass is 10.2. The molecule has 0 spiro atoms. The van der Waals surface area contributed by atoms with E-state index in [0.717, 1.165) is 38.4 Å². The summed E-state index contributed by atoms with van der Waals surface area (Å²) in [5.41, 5.74) is 7.51. The molecular weight excluding hydrogens is 458 g/mol. The Balaban J connectivity index is 1.65. The van der Waals surface area contributed by atoms with E-state index in [2.05, 4.69) is 81.9 Å².